The number of hydrogen-bond acceptors (Lipinski definition) is 5. The molecule has 0 aliphatic carbocycles. The number of para-hydroxylation sites is 1. The van der Waals surface area contributed by atoms with Crippen LogP contribution in [0.3, 0.4) is 0 Å². The van der Waals surface area contributed by atoms with E-state index in [0.29, 0.717) is 12.2 Å². The van der Waals surface area contributed by atoms with Crippen LogP contribution in [0.4, 0.5) is 5.69 Å². The van der Waals surface area contributed by atoms with Gasteiger partial charge in [0, 0.05) is 0 Å². The monoisotopic (exact) mass is 320 g/mol. The predicted molar refractivity (Wildman–Crippen MR) is 88.1 cm³/mol. The smallest absolute Gasteiger partial charge is 0.263 e. The number of amides is 2. The lowest BCUT2D eigenvalue weighted by molar-refractivity contribution is -0.123. The third kappa shape index (κ3) is 2.19. The van der Waals surface area contributed by atoms with Crippen LogP contribution in [-0.2, 0) is 16.1 Å². The topological polar surface area (TPSA) is 65.3 Å². The van der Waals surface area contributed by atoms with E-state index in [2.05, 4.69) is 10.3 Å². The van der Waals surface area contributed by atoms with Crippen molar-refractivity contribution in [1.29, 1.82) is 0 Å². The van der Waals surface area contributed by atoms with Crippen LogP contribution in [0.25, 0.3) is 0 Å². The minimum absolute atomic E-state index is 0.269. The highest BCUT2D eigenvalue weighted by Crippen LogP contribution is 2.32. The number of anilines is 1. The fraction of sp³-hybridized carbons (Fsp3) is 0.222. The van der Waals surface area contributed by atoms with Crippen molar-refractivity contribution >= 4 is 17.5 Å². The summed E-state index contributed by atoms with van der Waals surface area (Å²) >= 11 is 0. The van der Waals surface area contributed by atoms with Crippen LogP contribution in [0, 0.1) is 6.92 Å². The number of carbonyl (C=O) groups is 2. The number of nitrogens with zero attached hydrogens (tertiary/aromatic N) is 4. The summed E-state index contributed by atoms with van der Waals surface area (Å²) in [6.07, 6.45) is 0. The molecular weight excluding hydrogens is 304 g/mol. The minimum atomic E-state index is -0.748. The summed E-state index contributed by atoms with van der Waals surface area (Å²) in [5.74, 6) is -0.581. The van der Waals surface area contributed by atoms with Gasteiger partial charge in [-0.1, -0.05) is 47.7 Å². The van der Waals surface area contributed by atoms with Crippen molar-refractivity contribution in [3.8, 4) is 0 Å². The number of aryl methyl sites for hydroxylation is 1. The maximum Gasteiger partial charge on any atom is 0.263 e. The van der Waals surface area contributed by atoms with Crippen LogP contribution >= 0.6 is 0 Å². The van der Waals surface area contributed by atoms with Gasteiger partial charge in [-0.2, -0.15) is 5.11 Å². The lowest BCUT2D eigenvalue weighted by Gasteiger charge is -2.21. The van der Waals surface area contributed by atoms with Gasteiger partial charge in [-0.05, 0) is 30.2 Å². The van der Waals surface area contributed by atoms with E-state index in [-0.39, 0.29) is 11.8 Å². The number of rotatable bonds is 3. The van der Waals surface area contributed by atoms with Crippen molar-refractivity contribution in [2.45, 2.75) is 25.6 Å². The fourth-order valence-electron chi connectivity index (χ4n) is 3.15. The van der Waals surface area contributed by atoms with Crippen LogP contribution in [0.1, 0.15) is 11.1 Å². The average molecular weight is 320 g/mol. The molecule has 0 unspecified atom stereocenters. The van der Waals surface area contributed by atoms with Gasteiger partial charge < -0.3 is 0 Å². The summed E-state index contributed by atoms with van der Waals surface area (Å²) in [6.45, 7) is 2.47. The molecule has 0 radical (unpaired) electrons. The standard InChI is InChI=1S/C18H16N4O2/c1-12-7-5-6-8-13(12)11-21-16-15(19-20-21)17(23)22(18(16)24)14-9-3-2-4-10-14/h2-10,15-16H,11H2,1H3/t15-,16+/m0/s1. The highest BCUT2D eigenvalue weighted by Gasteiger charge is 2.54. The maximum absolute atomic E-state index is 12.8. The fourth-order valence-corrected chi connectivity index (χ4v) is 3.15. The van der Waals surface area contributed by atoms with Gasteiger partial charge >= 0.3 is 0 Å². The second-order valence-corrected chi connectivity index (χ2v) is 5.97. The van der Waals surface area contributed by atoms with Crippen LogP contribution in [0.2, 0.25) is 0 Å². The minimum Gasteiger partial charge on any atom is -0.271 e. The Morgan fingerprint density at radius 2 is 1.67 bits per heavy atom. The second kappa shape index (κ2) is 5.56. The molecule has 2 aliphatic heterocycles. The predicted octanol–water partition coefficient (Wildman–Crippen LogP) is 2.49. The molecule has 0 spiro atoms. The van der Waals surface area contributed by atoms with Crippen LogP contribution in [0.5, 0.6) is 0 Å². The Bertz CT molecular complexity index is 834. The van der Waals surface area contributed by atoms with Gasteiger partial charge in [-0.15, -0.1) is 0 Å². The van der Waals surface area contributed by atoms with Gasteiger partial charge in [0.2, 0.25) is 0 Å². The summed E-state index contributed by atoms with van der Waals surface area (Å²) in [5, 5.41) is 9.75. The zero-order valence-corrected chi connectivity index (χ0v) is 13.2. The molecule has 6 heteroatoms. The second-order valence-electron chi connectivity index (χ2n) is 5.97. The van der Waals surface area contributed by atoms with Crippen molar-refractivity contribution in [2.75, 3.05) is 4.90 Å². The zero-order valence-electron chi connectivity index (χ0n) is 13.2. The first-order valence-corrected chi connectivity index (χ1v) is 7.81. The summed E-state index contributed by atoms with van der Waals surface area (Å²) in [4.78, 5) is 26.6. The van der Waals surface area contributed by atoms with Gasteiger partial charge in [0.1, 0.15) is 0 Å². The van der Waals surface area contributed by atoms with Crippen molar-refractivity contribution in [3.05, 3.63) is 65.7 Å². The van der Waals surface area contributed by atoms with Crippen molar-refractivity contribution in [1.82, 2.24) is 5.01 Å². The van der Waals surface area contributed by atoms with Gasteiger partial charge in [-0.3, -0.25) is 14.6 Å². The number of imide groups is 1. The number of fused-ring (bicyclic) bond motifs is 1. The molecule has 2 aromatic rings. The zero-order chi connectivity index (χ0) is 16.7. The molecular formula is C18H16N4O2. The molecule has 0 bridgehead atoms. The first kappa shape index (κ1) is 14.6. The van der Waals surface area contributed by atoms with Gasteiger partial charge in [0.15, 0.2) is 12.1 Å². The molecule has 2 aliphatic rings. The molecule has 0 saturated carbocycles. The normalized spacial score (nSPS) is 22.4. The molecule has 2 atom stereocenters. The Hall–Kier alpha value is -3.02. The summed E-state index contributed by atoms with van der Waals surface area (Å²) in [5.41, 5.74) is 2.76. The largest absolute Gasteiger partial charge is 0.271 e. The molecule has 0 N–H and O–H groups in total. The van der Waals surface area contributed by atoms with Gasteiger partial charge in [0.05, 0.1) is 12.2 Å². The van der Waals surface area contributed by atoms with Crippen molar-refractivity contribution in [2.24, 2.45) is 10.3 Å². The molecule has 2 heterocycles. The first-order valence-electron chi connectivity index (χ1n) is 7.81. The van der Waals surface area contributed by atoms with E-state index >= 15 is 0 Å². The molecule has 1 fully saturated rings. The van der Waals surface area contributed by atoms with Crippen LogP contribution in [-0.4, -0.2) is 28.9 Å². The Kier molecular flexibility index (Phi) is 3.37. The molecule has 120 valence electrons. The highest BCUT2D eigenvalue weighted by molar-refractivity contribution is 6.25. The maximum atomic E-state index is 12.8. The number of benzene rings is 2. The van der Waals surface area contributed by atoms with E-state index in [1.165, 1.54) is 4.90 Å². The third-order valence-corrected chi connectivity index (χ3v) is 4.47. The molecule has 6 nitrogen and oxygen atoms in total. The van der Waals surface area contributed by atoms with Crippen LogP contribution in [0.15, 0.2) is 64.9 Å². The number of carbonyl (C=O) groups excluding carboxylic acids is 2. The molecule has 4 rings (SSSR count). The Balaban J connectivity index is 1.62. The Morgan fingerprint density at radius 1 is 0.958 bits per heavy atom. The SMILES string of the molecule is Cc1ccccc1CN1N=N[C@@H]2C(=O)N(c3ccccc3)C(=O)[C@@H]21. The molecule has 1 saturated heterocycles. The molecule has 0 aromatic heterocycles. The molecule has 24 heavy (non-hydrogen) atoms. The lowest BCUT2D eigenvalue weighted by Crippen LogP contribution is -2.39. The Morgan fingerprint density at radius 3 is 2.42 bits per heavy atom. The number of hydrogen-bond donors (Lipinski definition) is 0. The van der Waals surface area contributed by atoms with Crippen molar-refractivity contribution in [3.63, 3.8) is 0 Å². The van der Waals surface area contributed by atoms with E-state index in [9.17, 15) is 9.59 Å². The first-order chi connectivity index (χ1) is 11.7. The van der Waals surface area contributed by atoms with Gasteiger partial charge in [0.25, 0.3) is 11.8 Å². The summed E-state index contributed by atoms with van der Waals surface area (Å²) < 4.78 is 0. The highest BCUT2D eigenvalue weighted by atomic mass is 16.2. The van der Waals surface area contributed by atoms with Crippen molar-refractivity contribution < 1.29 is 9.59 Å². The van der Waals surface area contributed by atoms with Crippen LogP contribution < -0.4 is 4.90 Å². The quantitative estimate of drug-likeness (QED) is 0.816. The molecule has 2 amide bonds. The Labute approximate surface area is 139 Å². The van der Waals surface area contributed by atoms with E-state index in [1.54, 1.807) is 29.3 Å². The lowest BCUT2D eigenvalue weighted by atomic mass is 10.1. The van der Waals surface area contributed by atoms with E-state index in [0.717, 1.165) is 11.1 Å². The molecule has 2 aromatic carbocycles. The summed E-state index contributed by atoms with van der Waals surface area (Å²) in [6, 6.07) is 15.5. The van der Waals surface area contributed by atoms with Gasteiger partial charge in [-0.25, -0.2) is 4.90 Å². The average Bonchev–Trinajstić information content (AvgIpc) is 3.11. The summed E-state index contributed by atoms with van der Waals surface area (Å²) in [7, 11) is 0. The van der Waals surface area contributed by atoms with E-state index in [4.69, 9.17) is 0 Å². The van der Waals surface area contributed by atoms with E-state index in [1.807, 2.05) is 37.3 Å². The van der Waals surface area contributed by atoms with E-state index < -0.39 is 12.1 Å². The third-order valence-electron chi connectivity index (χ3n) is 4.47.